The minimum atomic E-state index is 0.292. The zero-order valence-corrected chi connectivity index (χ0v) is 12.0. The van der Waals surface area contributed by atoms with Crippen molar-refractivity contribution in [3.63, 3.8) is 0 Å². The molecular formula is C18H18N2O. The van der Waals surface area contributed by atoms with Crippen molar-refractivity contribution in [2.45, 2.75) is 19.4 Å². The van der Waals surface area contributed by atoms with E-state index in [-0.39, 0.29) is 0 Å². The maximum atomic E-state index is 9.32. The van der Waals surface area contributed by atoms with Crippen LogP contribution >= 0.6 is 0 Å². The quantitative estimate of drug-likeness (QED) is 0.758. The molecule has 3 heteroatoms. The van der Waals surface area contributed by atoms with Crippen molar-refractivity contribution in [2.75, 3.05) is 5.32 Å². The highest BCUT2D eigenvalue weighted by molar-refractivity contribution is 5.91. The van der Waals surface area contributed by atoms with E-state index in [1.807, 2.05) is 36.5 Å². The fraction of sp³-hybridized carbons (Fsp3) is 0.167. The number of aromatic hydroxyl groups is 1. The highest BCUT2D eigenvalue weighted by Crippen LogP contribution is 2.22. The van der Waals surface area contributed by atoms with Gasteiger partial charge in [-0.1, -0.05) is 18.2 Å². The number of phenols is 1. The predicted molar refractivity (Wildman–Crippen MR) is 86.6 cm³/mol. The van der Waals surface area contributed by atoms with Gasteiger partial charge in [-0.05, 0) is 55.3 Å². The summed E-state index contributed by atoms with van der Waals surface area (Å²) in [7, 11) is 0. The SMILES string of the molecule is CC(Cc1ccc(O)cc1)Nc1cccc2ncccc12. The van der Waals surface area contributed by atoms with E-state index in [4.69, 9.17) is 0 Å². The minimum Gasteiger partial charge on any atom is -0.508 e. The molecule has 0 spiro atoms. The summed E-state index contributed by atoms with van der Waals surface area (Å²) < 4.78 is 0. The third-order valence-corrected chi connectivity index (χ3v) is 3.53. The molecule has 0 aliphatic carbocycles. The molecule has 0 saturated heterocycles. The number of hydrogen-bond donors (Lipinski definition) is 2. The van der Waals surface area contributed by atoms with Crippen LogP contribution in [0.25, 0.3) is 10.9 Å². The first-order valence-electron chi connectivity index (χ1n) is 7.10. The smallest absolute Gasteiger partial charge is 0.115 e. The standard InChI is InChI=1S/C18H18N2O/c1-13(12-14-7-9-15(21)10-8-14)20-18-6-2-5-17-16(18)4-3-11-19-17/h2-11,13,20-21H,12H2,1H3. The van der Waals surface area contributed by atoms with E-state index in [2.05, 4.69) is 29.4 Å². The van der Waals surface area contributed by atoms with Gasteiger partial charge in [0, 0.05) is 23.3 Å². The third-order valence-electron chi connectivity index (χ3n) is 3.53. The molecular weight excluding hydrogens is 260 g/mol. The van der Waals surface area contributed by atoms with Gasteiger partial charge in [0.25, 0.3) is 0 Å². The molecule has 0 radical (unpaired) electrons. The summed E-state index contributed by atoms with van der Waals surface area (Å²) in [6.07, 6.45) is 2.71. The molecule has 2 aromatic carbocycles. The average molecular weight is 278 g/mol. The van der Waals surface area contributed by atoms with E-state index in [1.54, 1.807) is 12.1 Å². The summed E-state index contributed by atoms with van der Waals surface area (Å²) >= 11 is 0. The molecule has 106 valence electrons. The van der Waals surface area contributed by atoms with Gasteiger partial charge in [0.15, 0.2) is 0 Å². The van der Waals surface area contributed by atoms with Crippen LogP contribution in [0.15, 0.2) is 60.8 Å². The summed E-state index contributed by atoms with van der Waals surface area (Å²) in [5, 5.41) is 14.0. The Kier molecular flexibility index (Phi) is 3.73. The fourth-order valence-electron chi connectivity index (χ4n) is 2.53. The van der Waals surface area contributed by atoms with Crippen molar-refractivity contribution < 1.29 is 5.11 Å². The van der Waals surface area contributed by atoms with E-state index in [1.165, 1.54) is 5.56 Å². The summed E-state index contributed by atoms with van der Waals surface area (Å²) in [4.78, 5) is 4.38. The van der Waals surface area contributed by atoms with Crippen LogP contribution in [-0.2, 0) is 6.42 Å². The number of fused-ring (bicyclic) bond motifs is 1. The highest BCUT2D eigenvalue weighted by atomic mass is 16.3. The zero-order valence-electron chi connectivity index (χ0n) is 12.0. The average Bonchev–Trinajstić information content (AvgIpc) is 2.50. The monoisotopic (exact) mass is 278 g/mol. The molecule has 3 nitrogen and oxygen atoms in total. The van der Waals surface area contributed by atoms with Crippen molar-refractivity contribution in [3.8, 4) is 5.75 Å². The van der Waals surface area contributed by atoms with Crippen LogP contribution in [0.4, 0.5) is 5.69 Å². The fourth-order valence-corrected chi connectivity index (χ4v) is 2.53. The Labute approximate surface area is 124 Å². The van der Waals surface area contributed by atoms with Gasteiger partial charge in [0.05, 0.1) is 5.52 Å². The lowest BCUT2D eigenvalue weighted by Crippen LogP contribution is -2.18. The maximum absolute atomic E-state index is 9.32. The Hall–Kier alpha value is -2.55. The zero-order chi connectivity index (χ0) is 14.7. The predicted octanol–water partition coefficient (Wildman–Crippen LogP) is 3.98. The van der Waals surface area contributed by atoms with Crippen molar-refractivity contribution in [1.29, 1.82) is 0 Å². The molecule has 1 heterocycles. The van der Waals surface area contributed by atoms with Crippen molar-refractivity contribution in [3.05, 3.63) is 66.4 Å². The second-order valence-electron chi connectivity index (χ2n) is 5.29. The Balaban J connectivity index is 1.77. The lowest BCUT2D eigenvalue weighted by atomic mass is 10.1. The van der Waals surface area contributed by atoms with Crippen LogP contribution in [0, 0.1) is 0 Å². The van der Waals surface area contributed by atoms with E-state index in [0.717, 1.165) is 23.0 Å². The summed E-state index contributed by atoms with van der Waals surface area (Å²) in [6.45, 7) is 2.15. The third kappa shape index (κ3) is 3.14. The van der Waals surface area contributed by atoms with Gasteiger partial charge in [0.2, 0.25) is 0 Å². The first-order valence-corrected chi connectivity index (χ1v) is 7.10. The lowest BCUT2D eigenvalue weighted by molar-refractivity contribution is 0.475. The lowest BCUT2D eigenvalue weighted by Gasteiger charge is -2.17. The normalized spacial score (nSPS) is 12.2. The molecule has 2 N–H and O–H groups in total. The van der Waals surface area contributed by atoms with Crippen LogP contribution in [-0.4, -0.2) is 16.1 Å². The second-order valence-corrected chi connectivity index (χ2v) is 5.29. The van der Waals surface area contributed by atoms with Gasteiger partial charge < -0.3 is 10.4 Å². The number of nitrogens with one attached hydrogen (secondary N) is 1. The molecule has 0 saturated carbocycles. The number of pyridine rings is 1. The van der Waals surface area contributed by atoms with Gasteiger partial charge in [0.1, 0.15) is 5.75 Å². The van der Waals surface area contributed by atoms with E-state index < -0.39 is 0 Å². The Morgan fingerprint density at radius 2 is 1.86 bits per heavy atom. The van der Waals surface area contributed by atoms with Gasteiger partial charge in [-0.2, -0.15) is 0 Å². The summed E-state index contributed by atoms with van der Waals surface area (Å²) in [6, 6.07) is 17.8. The first kappa shape index (κ1) is 13.4. The van der Waals surface area contributed by atoms with E-state index >= 15 is 0 Å². The number of aromatic nitrogens is 1. The molecule has 1 aromatic heterocycles. The Morgan fingerprint density at radius 1 is 1.05 bits per heavy atom. The van der Waals surface area contributed by atoms with Crippen molar-refractivity contribution in [2.24, 2.45) is 0 Å². The molecule has 3 aromatic rings. The molecule has 1 atom stereocenters. The van der Waals surface area contributed by atoms with Crippen LogP contribution in [0.5, 0.6) is 5.75 Å². The molecule has 0 bridgehead atoms. The highest BCUT2D eigenvalue weighted by Gasteiger charge is 2.06. The topological polar surface area (TPSA) is 45.1 Å². The number of anilines is 1. The molecule has 3 rings (SSSR count). The maximum Gasteiger partial charge on any atom is 0.115 e. The van der Waals surface area contributed by atoms with Crippen molar-refractivity contribution in [1.82, 2.24) is 4.98 Å². The number of benzene rings is 2. The largest absolute Gasteiger partial charge is 0.508 e. The van der Waals surface area contributed by atoms with E-state index in [9.17, 15) is 5.11 Å². The summed E-state index contributed by atoms with van der Waals surface area (Å²) in [5.74, 6) is 0.305. The number of nitrogens with zero attached hydrogens (tertiary/aromatic N) is 1. The summed E-state index contributed by atoms with van der Waals surface area (Å²) in [5.41, 5.74) is 3.30. The van der Waals surface area contributed by atoms with Gasteiger partial charge >= 0.3 is 0 Å². The molecule has 1 unspecified atom stereocenters. The van der Waals surface area contributed by atoms with Crippen LogP contribution in [0.1, 0.15) is 12.5 Å². The van der Waals surface area contributed by atoms with Crippen LogP contribution in [0.2, 0.25) is 0 Å². The molecule has 0 aliphatic rings. The van der Waals surface area contributed by atoms with Gasteiger partial charge in [-0.3, -0.25) is 4.98 Å². The van der Waals surface area contributed by atoms with Crippen LogP contribution in [0.3, 0.4) is 0 Å². The van der Waals surface area contributed by atoms with E-state index in [0.29, 0.717) is 11.8 Å². The number of rotatable bonds is 4. The molecule has 0 amide bonds. The Morgan fingerprint density at radius 3 is 2.67 bits per heavy atom. The number of phenolic OH excluding ortho intramolecular Hbond substituents is 1. The first-order chi connectivity index (χ1) is 10.2. The molecule has 0 aliphatic heterocycles. The van der Waals surface area contributed by atoms with Crippen LogP contribution < -0.4 is 5.32 Å². The van der Waals surface area contributed by atoms with Gasteiger partial charge in [-0.25, -0.2) is 0 Å². The Bertz CT molecular complexity index is 732. The molecule has 0 fully saturated rings. The molecule has 21 heavy (non-hydrogen) atoms. The second kappa shape index (κ2) is 5.83. The van der Waals surface area contributed by atoms with Gasteiger partial charge in [-0.15, -0.1) is 0 Å². The van der Waals surface area contributed by atoms with Crippen molar-refractivity contribution >= 4 is 16.6 Å². The minimum absolute atomic E-state index is 0.292. The number of hydrogen-bond acceptors (Lipinski definition) is 3.